The number of nitrogens with zero attached hydrogens (tertiary/aromatic N) is 3. The van der Waals surface area contributed by atoms with E-state index in [0.717, 1.165) is 10.2 Å². The van der Waals surface area contributed by atoms with Gasteiger partial charge in [-0.2, -0.15) is 0 Å². The Balaban J connectivity index is 2.27. The van der Waals surface area contributed by atoms with E-state index < -0.39 is 0 Å². The van der Waals surface area contributed by atoms with Crippen LogP contribution in [0.4, 0.5) is 4.79 Å². The van der Waals surface area contributed by atoms with Crippen LogP contribution in [0.1, 0.15) is 59.8 Å². The standard InChI is InChI=1S/C26H33BrN4O2/c1-7-22(30(16-17(2)3)25(33)29-26(4,5)6)23-28-21-11-9-8-10-20(21)24(32)31(23)19-14-12-18(27)13-15-19/h8-15,17,22H,7,16H2,1-6H3,(H,29,33). The average Bonchev–Trinajstić information content (AvgIpc) is 2.73. The highest BCUT2D eigenvalue weighted by molar-refractivity contribution is 9.10. The maximum atomic E-state index is 13.7. The zero-order valence-electron chi connectivity index (χ0n) is 20.2. The zero-order valence-corrected chi connectivity index (χ0v) is 21.8. The fourth-order valence-electron chi connectivity index (χ4n) is 3.89. The number of rotatable bonds is 6. The summed E-state index contributed by atoms with van der Waals surface area (Å²) in [5, 5.41) is 3.64. The Kier molecular flexibility index (Phi) is 7.62. The Bertz CT molecular complexity index is 1180. The molecule has 0 aliphatic rings. The first-order valence-corrected chi connectivity index (χ1v) is 12.2. The lowest BCUT2D eigenvalue weighted by Crippen LogP contribution is -2.51. The Morgan fingerprint density at radius 1 is 1.12 bits per heavy atom. The molecule has 1 aromatic heterocycles. The summed E-state index contributed by atoms with van der Waals surface area (Å²) in [5.41, 5.74) is 0.824. The smallest absolute Gasteiger partial charge is 0.318 e. The van der Waals surface area contributed by atoms with E-state index >= 15 is 0 Å². The third kappa shape index (κ3) is 5.82. The van der Waals surface area contributed by atoms with Crippen LogP contribution in [0.5, 0.6) is 0 Å². The van der Waals surface area contributed by atoms with Crippen molar-refractivity contribution in [1.29, 1.82) is 0 Å². The van der Waals surface area contributed by atoms with E-state index in [-0.39, 0.29) is 29.1 Å². The van der Waals surface area contributed by atoms with Gasteiger partial charge in [0.15, 0.2) is 0 Å². The third-order valence-corrected chi connectivity index (χ3v) is 5.78. The molecule has 3 rings (SSSR count). The van der Waals surface area contributed by atoms with Gasteiger partial charge in [0, 0.05) is 16.6 Å². The lowest BCUT2D eigenvalue weighted by atomic mass is 10.1. The molecule has 0 saturated carbocycles. The number of amides is 2. The van der Waals surface area contributed by atoms with Crippen molar-refractivity contribution in [1.82, 2.24) is 19.8 Å². The number of hydrogen-bond donors (Lipinski definition) is 1. The van der Waals surface area contributed by atoms with Crippen LogP contribution in [0.3, 0.4) is 0 Å². The van der Waals surface area contributed by atoms with Crippen LogP contribution in [0.2, 0.25) is 0 Å². The molecule has 1 heterocycles. The van der Waals surface area contributed by atoms with Crippen LogP contribution >= 0.6 is 15.9 Å². The van der Waals surface area contributed by atoms with Crippen LogP contribution in [-0.4, -0.2) is 32.6 Å². The van der Waals surface area contributed by atoms with Gasteiger partial charge in [-0.25, -0.2) is 9.78 Å². The third-order valence-electron chi connectivity index (χ3n) is 5.25. The second kappa shape index (κ2) is 10.1. The van der Waals surface area contributed by atoms with Crippen molar-refractivity contribution < 1.29 is 4.79 Å². The molecule has 176 valence electrons. The molecule has 0 spiro atoms. The van der Waals surface area contributed by atoms with Crippen LogP contribution in [-0.2, 0) is 0 Å². The van der Waals surface area contributed by atoms with Crippen LogP contribution < -0.4 is 10.9 Å². The van der Waals surface area contributed by atoms with Crippen LogP contribution in [0.25, 0.3) is 16.6 Å². The molecule has 0 aliphatic heterocycles. The van der Waals surface area contributed by atoms with Gasteiger partial charge < -0.3 is 10.2 Å². The van der Waals surface area contributed by atoms with Crippen LogP contribution in [0.15, 0.2) is 57.8 Å². The quantitative estimate of drug-likeness (QED) is 0.436. The number of benzene rings is 2. The monoisotopic (exact) mass is 512 g/mol. The SMILES string of the molecule is CCC(c1nc2ccccc2c(=O)n1-c1ccc(Br)cc1)N(CC(C)C)C(=O)NC(C)(C)C. The van der Waals surface area contributed by atoms with Gasteiger partial charge >= 0.3 is 6.03 Å². The number of urea groups is 1. The van der Waals surface area contributed by atoms with E-state index in [2.05, 4.69) is 35.1 Å². The Hall–Kier alpha value is -2.67. The Morgan fingerprint density at radius 3 is 2.33 bits per heavy atom. The molecule has 3 aromatic rings. The molecule has 1 unspecified atom stereocenters. The number of para-hydroxylation sites is 1. The summed E-state index contributed by atoms with van der Waals surface area (Å²) in [4.78, 5) is 33.9. The maximum Gasteiger partial charge on any atom is 0.318 e. The van der Waals surface area contributed by atoms with E-state index in [1.165, 1.54) is 0 Å². The largest absolute Gasteiger partial charge is 0.333 e. The van der Waals surface area contributed by atoms with E-state index in [9.17, 15) is 9.59 Å². The minimum Gasteiger partial charge on any atom is -0.333 e. The van der Waals surface area contributed by atoms with Gasteiger partial charge in [0.25, 0.3) is 5.56 Å². The number of fused-ring (bicyclic) bond motifs is 1. The Labute approximate surface area is 204 Å². The topological polar surface area (TPSA) is 67.2 Å². The second-order valence-electron chi connectivity index (χ2n) is 9.75. The molecule has 1 atom stereocenters. The van der Waals surface area contributed by atoms with Gasteiger partial charge in [-0.3, -0.25) is 9.36 Å². The number of carbonyl (C=O) groups excluding carboxylic acids is 1. The highest BCUT2D eigenvalue weighted by Crippen LogP contribution is 2.27. The van der Waals surface area contributed by atoms with E-state index in [1.807, 2.05) is 75.1 Å². The molecule has 0 bridgehead atoms. The minimum absolute atomic E-state index is 0.142. The first kappa shape index (κ1) is 25.0. The average molecular weight is 513 g/mol. The van der Waals surface area contributed by atoms with E-state index in [0.29, 0.717) is 29.7 Å². The molecule has 0 aliphatic carbocycles. The normalized spacial score (nSPS) is 12.7. The fraction of sp³-hybridized carbons (Fsp3) is 0.423. The predicted molar refractivity (Wildman–Crippen MR) is 138 cm³/mol. The maximum absolute atomic E-state index is 13.7. The van der Waals surface area contributed by atoms with Crippen molar-refractivity contribution >= 4 is 32.9 Å². The minimum atomic E-state index is -0.382. The molecule has 7 heteroatoms. The van der Waals surface area contributed by atoms with Crippen molar-refractivity contribution in [3.8, 4) is 5.69 Å². The van der Waals surface area contributed by atoms with Gasteiger partial charge in [0.2, 0.25) is 0 Å². The number of hydrogen-bond acceptors (Lipinski definition) is 3. The van der Waals surface area contributed by atoms with E-state index in [1.54, 1.807) is 10.6 Å². The highest BCUT2D eigenvalue weighted by atomic mass is 79.9. The van der Waals surface area contributed by atoms with Gasteiger partial charge in [-0.05, 0) is 69.5 Å². The van der Waals surface area contributed by atoms with Crippen molar-refractivity contribution in [3.05, 3.63) is 69.2 Å². The van der Waals surface area contributed by atoms with Gasteiger partial charge in [0.1, 0.15) is 5.82 Å². The summed E-state index contributed by atoms with van der Waals surface area (Å²) in [6.45, 7) is 12.6. The molecule has 2 amide bonds. The summed E-state index contributed by atoms with van der Waals surface area (Å²) in [5.74, 6) is 0.811. The lowest BCUT2D eigenvalue weighted by Gasteiger charge is -2.35. The molecule has 2 aromatic carbocycles. The molecule has 0 fully saturated rings. The Morgan fingerprint density at radius 2 is 1.76 bits per heavy atom. The second-order valence-corrected chi connectivity index (χ2v) is 10.7. The van der Waals surface area contributed by atoms with Crippen molar-refractivity contribution in [2.24, 2.45) is 5.92 Å². The van der Waals surface area contributed by atoms with E-state index in [4.69, 9.17) is 4.98 Å². The summed E-state index contributed by atoms with van der Waals surface area (Å²) in [7, 11) is 0. The number of aromatic nitrogens is 2. The van der Waals surface area contributed by atoms with Crippen molar-refractivity contribution in [3.63, 3.8) is 0 Å². The zero-order chi connectivity index (χ0) is 24.3. The molecule has 1 N–H and O–H groups in total. The van der Waals surface area contributed by atoms with Gasteiger partial charge in [0.05, 0.1) is 22.6 Å². The first-order chi connectivity index (χ1) is 15.5. The molecule has 33 heavy (non-hydrogen) atoms. The van der Waals surface area contributed by atoms with Gasteiger partial charge in [-0.1, -0.05) is 48.8 Å². The number of halogens is 1. The molecule has 0 radical (unpaired) electrons. The summed E-state index contributed by atoms with van der Waals surface area (Å²) in [6.07, 6.45) is 0.617. The van der Waals surface area contributed by atoms with Crippen molar-refractivity contribution in [2.75, 3.05) is 6.54 Å². The number of carbonyl (C=O) groups is 1. The first-order valence-electron chi connectivity index (χ1n) is 11.4. The predicted octanol–water partition coefficient (Wildman–Crippen LogP) is 6.07. The summed E-state index contributed by atoms with van der Waals surface area (Å²) < 4.78 is 2.58. The summed E-state index contributed by atoms with van der Waals surface area (Å²) >= 11 is 3.47. The number of nitrogens with one attached hydrogen (secondary N) is 1. The van der Waals surface area contributed by atoms with Crippen molar-refractivity contribution in [2.45, 2.75) is 59.5 Å². The molecular weight excluding hydrogens is 480 g/mol. The van der Waals surface area contributed by atoms with Crippen LogP contribution in [0, 0.1) is 5.92 Å². The summed E-state index contributed by atoms with van der Waals surface area (Å²) in [6, 6.07) is 14.4. The molecule has 0 saturated heterocycles. The molecular formula is C26H33BrN4O2. The highest BCUT2D eigenvalue weighted by Gasteiger charge is 2.31. The fourth-order valence-corrected chi connectivity index (χ4v) is 4.16. The van der Waals surface area contributed by atoms with Gasteiger partial charge in [-0.15, -0.1) is 0 Å². The molecule has 6 nitrogen and oxygen atoms in total. The lowest BCUT2D eigenvalue weighted by molar-refractivity contribution is 0.151.